The van der Waals surface area contributed by atoms with Crippen molar-refractivity contribution in [3.63, 3.8) is 0 Å². The van der Waals surface area contributed by atoms with E-state index in [1.807, 2.05) is 0 Å². The van der Waals surface area contributed by atoms with Gasteiger partial charge >= 0.3 is 0 Å². The van der Waals surface area contributed by atoms with Crippen LogP contribution >= 0.6 is 0 Å². The number of nitrogens with zero attached hydrogens (tertiary/aromatic N) is 2. The Morgan fingerprint density at radius 2 is 2.09 bits per heavy atom. The molecule has 0 fully saturated rings. The normalized spacial score (nSPS) is 10.8. The molecule has 2 aromatic heterocycles. The summed E-state index contributed by atoms with van der Waals surface area (Å²) in [6, 6.07) is 2.97. The predicted molar refractivity (Wildman–Crippen MR) is 84.2 cm³/mol. The van der Waals surface area contributed by atoms with Crippen molar-refractivity contribution in [2.75, 3.05) is 6.54 Å². The molecular formula is C16H21N3O3. The summed E-state index contributed by atoms with van der Waals surface area (Å²) in [6.07, 6.45) is 8.19. The number of unbranched alkanes of at least 4 members (excludes halogenated alkanes) is 4. The van der Waals surface area contributed by atoms with Gasteiger partial charge in [0.2, 0.25) is 0 Å². The number of hydrogen-bond acceptors (Lipinski definition) is 4. The molecule has 0 aromatic carbocycles. The predicted octanol–water partition coefficient (Wildman–Crippen LogP) is 2.10. The van der Waals surface area contributed by atoms with Crippen LogP contribution in [0.1, 0.15) is 49.4 Å². The molecule has 2 heterocycles. The molecule has 0 radical (unpaired) electrons. The first-order chi connectivity index (χ1) is 10.6. The number of aromatic hydroxyl groups is 1. The molecule has 0 saturated heterocycles. The van der Waals surface area contributed by atoms with E-state index in [4.69, 9.17) is 0 Å². The maximum Gasteiger partial charge on any atom is 0.270 e. The van der Waals surface area contributed by atoms with E-state index in [0.29, 0.717) is 6.54 Å². The second-order valence-electron chi connectivity index (χ2n) is 5.23. The summed E-state index contributed by atoms with van der Waals surface area (Å²) in [5.74, 6) is -0.520. The third-order valence-electron chi connectivity index (χ3n) is 3.52. The summed E-state index contributed by atoms with van der Waals surface area (Å²) in [5, 5.41) is 12.4. The third-order valence-corrected chi connectivity index (χ3v) is 3.52. The van der Waals surface area contributed by atoms with E-state index in [9.17, 15) is 14.7 Å². The van der Waals surface area contributed by atoms with Gasteiger partial charge in [-0.2, -0.15) is 0 Å². The number of fused-ring (bicyclic) bond motifs is 1. The zero-order valence-corrected chi connectivity index (χ0v) is 12.7. The number of carbonyl (C=O) groups is 1. The molecule has 1 amide bonds. The van der Waals surface area contributed by atoms with Crippen LogP contribution < -0.4 is 10.9 Å². The standard InChI is InChI=1S/C16H21N3O3/c1-2-3-4-5-6-9-17-15(21)12-11-18-14-13(20)8-7-10-19(14)16(12)22/h7-8,10-11,20H,2-6,9H2,1H3,(H,17,21). The number of nitrogens with one attached hydrogen (secondary N) is 1. The lowest BCUT2D eigenvalue weighted by Crippen LogP contribution is -2.32. The quantitative estimate of drug-likeness (QED) is 0.767. The van der Waals surface area contributed by atoms with Crippen molar-refractivity contribution in [3.8, 4) is 5.75 Å². The van der Waals surface area contributed by atoms with Crippen molar-refractivity contribution in [1.29, 1.82) is 0 Å². The van der Waals surface area contributed by atoms with Gasteiger partial charge in [0, 0.05) is 18.9 Å². The fraction of sp³-hybridized carbons (Fsp3) is 0.438. The highest BCUT2D eigenvalue weighted by Gasteiger charge is 2.13. The van der Waals surface area contributed by atoms with Crippen molar-refractivity contribution in [2.45, 2.75) is 39.0 Å². The van der Waals surface area contributed by atoms with E-state index in [-0.39, 0.29) is 17.0 Å². The van der Waals surface area contributed by atoms with Crippen LogP contribution in [0.3, 0.4) is 0 Å². The molecule has 0 atom stereocenters. The molecule has 0 bridgehead atoms. The second kappa shape index (κ2) is 7.59. The Bertz CT molecular complexity index is 709. The minimum atomic E-state index is -0.482. The van der Waals surface area contributed by atoms with Crippen LogP contribution in [0.25, 0.3) is 5.65 Å². The number of aromatic nitrogens is 2. The van der Waals surface area contributed by atoms with Gasteiger partial charge in [-0.25, -0.2) is 4.98 Å². The monoisotopic (exact) mass is 303 g/mol. The number of hydrogen-bond donors (Lipinski definition) is 2. The second-order valence-corrected chi connectivity index (χ2v) is 5.23. The summed E-state index contributed by atoms with van der Waals surface area (Å²) in [5.41, 5.74) is -0.357. The van der Waals surface area contributed by atoms with Crippen molar-refractivity contribution >= 4 is 11.6 Å². The fourth-order valence-electron chi connectivity index (χ4n) is 2.27. The van der Waals surface area contributed by atoms with Crippen LogP contribution in [0.15, 0.2) is 29.3 Å². The Kier molecular flexibility index (Phi) is 5.52. The number of amides is 1. The molecule has 0 aliphatic carbocycles. The summed E-state index contributed by atoms with van der Waals surface area (Å²) in [6.45, 7) is 2.70. The first kappa shape index (κ1) is 16.0. The Morgan fingerprint density at radius 1 is 1.32 bits per heavy atom. The van der Waals surface area contributed by atoms with Gasteiger partial charge in [-0.15, -0.1) is 0 Å². The summed E-state index contributed by atoms with van der Waals surface area (Å²) < 4.78 is 1.17. The van der Waals surface area contributed by atoms with E-state index in [1.165, 1.54) is 41.8 Å². The van der Waals surface area contributed by atoms with Crippen LogP contribution in [-0.2, 0) is 0 Å². The number of pyridine rings is 1. The van der Waals surface area contributed by atoms with E-state index in [0.717, 1.165) is 19.3 Å². The third kappa shape index (κ3) is 3.63. The lowest BCUT2D eigenvalue weighted by Gasteiger charge is -2.06. The van der Waals surface area contributed by atoms with Gasteiger partial charge in [0.15, 0.2) is 11.4 Å². The van der Waals surface area contributed by atoms with Crippen LogP contribution in [0, 0.1) is 0 Å². The molecule has 0 aliphatic rings. The van der Waals surface area contributed by atoms with Gasteiger partial charge < -0.3 is 10.4 Å². The highest BCUT2D eigenvalue weighted by atomic mass is 16.3. The van der Waals surface area contributed by atoms with Crippen molar-refractivity contribution in [1.82, 2.24) is 14.7 Å². The Hall–Kier alpha value is -2.37. The smallest absolute Gasteiger partial charge is 0.270 e. The highest BCUT2D eigenvalue weighted by molar-refractivity contribution is 5.93. The summed E-state index contributed by atoms with van der Waals surface area (Å²) in [4.78, 5) is 28.3. The minimum absolute atomic E-state index is 0.0170. The molecule has 0 unspecified atom stereocenters. The van der Waals surface area contributed by atoms with E-state index in [2.05, 4.69) is 17.2 Å². The van der Waals surface area contributed by atoms with Crippen LogP contribution in [-0.4, -0.2) is 26.9 Å². The van der Waals surface area contributed by atoms with Gasteiger partial charge in [0.05, 0.1) is 0 Å². The van der Waals surface area contributed by atoms with Gasteiger partial charge in [-0.1, -0.05) is 32.6 Å². The van der Waals surface area contributed by atoms with Crippen molar-refractivity contribution in [3.05, 3.63) is 40.4 Å². The van der Waals surface area contributed by atoms with Crippen LogP contribution in [0.5, 0.6) is 5.75 Å². The maximum absolute atomic E-state index is 12.2. The van der Waals surface area contributed by atoms with Crippen molar-refractivity contribution < 1.29 is 9.90 Å². The Balaban J connectivity index is 2.03. The molecule has 2 rings (SSSR count). The van der Waals surface area contributed by atoms with E-state index in [1.54, 1.807) is 0 Å². The first-order valence-corrected chi connectivity index (χ1v) is 7.62. The SMILES string of the molecule is CCCCCCCNC(=O)c1cnc2c(O)cccn2c1=O. The highest BCUT2D eigenvalue weighted by Crippen LogP contribution is 2.12. The van der Waals surface area contributed by atoms with Crippen molar-refractivity contribution in [2.24, 2.45) is 0 Å². The topological polar surface area (TPSA) is 83.7 Å². The largest absolute Gasteiger partial charge is 0.504 e. The van der Waals surface area contributed by atoms with Gasteiger partial charge in [-0.05, 0) is 18.6 Å². The molecule has 0 saturated carbocycles. The lowest BCUT2D eigenvalue weighted by molar-refractivity contribution is 0.0951. The number of carbonyl (C=O) groups excluding carboxylic acids is 1. The first-order valence-electron chi connectivity index (χ1n) is 7.62. The van der Waals surface area contributed by atoms with Gasteiger partial charge in [0.1, 0.15) is 5.56 Å². The molecule has 118 valence electrons. The fourth-order valence-corrected chi connectivity index (χ4v) is 2.27. The van der Waals surface area contributed by atoms with Gasteiger partial charge in [0.25, 0.3) is 11.5 Å². The van der Waals surface area contributed by atoms with E-state index >= 15 is 0 Å². The zero-order valence-electron chi connectivity index (χ0n) is 12.7. The lowest BCUT2D eigenvalue weighted by atomic mass is 10.1. The Labute approximate surface area is 128 Å². The molecule has 2 aromatic rings. The number of rotatable bonds is 7. The summed E-state index contributed by atoms with van der Waals surface area (Å²) in [7, 11) is 0. The summed E-state index contributed by atoms with van der Waals surface area (Å²) >= 11 is 0. The zero-order chi connectivity index (χ0) is 15.9. The molecule has 0 spiro atoms. The molecule has 6 heteroatoms. The van der Waals surface area contributed by atoms with E-state index < -0.39 is 11.5 Å². The van der Waals surface area contributed by atoms with Crippen LogP contribution in [0.4, 0.5) is 0 Å². The molecular weight excluding hydrogens is 282 g/mol. The molecule has 6 nitrogen and oxygen atoms in total. The van der Waals surface area contributed by atoms with Crippen LogP contribution in [0.2, 0.25) is 0 Å². The molecule has 22 heavy (non-hydrogen) atoms. The molecule has 2 N–H and O–H groups in total. The average Bonchev–Trinajstić information content (AvgIpc) is 2.52. The Morgan fingerprint density at radius 3 is 2.86 bits per heavy atom. The van der Waals surface area contributed by atoms with Gasteiger partial charge in [-0.3, -0.25) is 14.0 Å². The minimum Gasteiger partial charge on any atom is -0.504 e. The average molecular weight is 303 g/mol. The molecule has 0 aliphatic heterocycles. The maximum atomic E-state index is 12.2.